The van der Waals surface area contributed by atoms with Crippen molar-refractivity contribution in [2.24, 2.45) is 0 Å². The van der Waals surface area contributed by atoms with Gasteiger partial charge in [-0.2, -0.15) is 0 Å². The molecule has 0 aliphatic heterocycles. The highest BCUT2D eigenvalue weighted by Crippen LogP contribution is 2.38. The number of ether oxygens (including phenoxy) is 2. The molecule has 1 aromatic rings. The molecule has 0 aliphatic rings. The summed E-state index contributed by atoms with van der Waals surface area (Å²) in [6.45, 7) is 7.08. The smallest absolute Gasteiger partial charge is 0.200 e. The van der Waals surface area contributed by atoms with Crippen LogP contribution in [0, 0.1) is 0 Å². The molecule has 0 atom stereocenters. The molecule has 18 heavy (non-hydrogen) atoms. The molecule has 0 saturated carbocycles. The number of rotatable bonds is 8. The topological polar surface area (TPSA) is 38.7 Å². The second-order valence-corrected chi connectivity index (χ2v) is 4.26. The van der Waals surface area contributed by atoms with Crippen LogP contribution in [0.4, 0.5) is 0 Å². The van der Waals surface area contributed by atoms with E-state index in [0.717, 1.165) is 18.4 Å². The normalized spacial score (nSPS) is 10.4. The lowest BCUT2D eigenvalue weighted by molar-refractivity contribution is 0.289. The molecular formula is C15H24O3. The number of aryl methyl sites for hydroxylation is 1. The van der Waals surface area contributed by atoms with Crippen molar-refractivity contribution in [1.82, 2.24) is 0 Å². The summed E-state index contributed by atoms with van der Waals surface area (Å²) in [4.78, 5) is 0. The van der Waals surface area contributed by atoms with Gasteiger partial charge in [0.25, 0.3) is 0 Å². The van der Waals surface area contributed by atoms with Crippen molar-refractivity contribution >= 4 is 0 Å². The summed E-state index contributed by atoms with van der Waals surface area (Å²) in [5.74, 6) is 1.16. The highest BCUT2D eigenvalue weighted by molar-refractivity contribution is 5.52. The fourth-order valence-corrected chi connectivity index (χ4v) is 1.89. The van der Waals surface area contributed by atoms with Crippen LogP contribution in [0.5, 0.6) is 17.2 Å². The van der Waals surface area contributed by atoms with Gasteiger partial charge in [-0.3, -0.25) is 0 Å². The molecule has 1 rings (SSSR count). The van der Waals surface area contributed by atoms with E-state index in [4.69, 9.17) is 9.47 Å². The summed E-state index contributed by atoms with van der Waals surface area (Å²) in [6, 6.07) is 3.83. The van der Waals surface area contributed by atoms with E-state index < -0.39 is 0 Å². The summed E-state index contributed by atoms with van der Waals surface area (Å²) < 4.78 is 10.9. The summed E-state index contributed by atoms with van der Waals surface area (Å²) >= 11 is 0. The van der Waals surface area contributed by atoms with Gasteiger partial charge in [-0.25, -0.2) is 0 Å². The molecule has 3 nitrogen and oxygen atoms in total. The Morgan fingerprint density at radius 2 is 1.50 bits per heavy atom. The zero-order chi connectivity index (χ0) is 13.4. The fourth-order valence-electron chi connectivity index (χ4n) is 1.89. The third kappa shape index (κ3) is 4.13. The van der Waals surface area contributed by atoms with Gasteiger partial charge < -0.3 is 14.6 Å². The molecule has 0 aliphatic carbocycles. The molecule has 1 aromatic carbocycles. The molecular weight excluding hydrogens is 228 g/mol. The molecule has 0 fully saturated rings. The minimum Gasteiger partial charge on any atom is -0.502 e. The molecule has 102 valence electrons. The molecule has 0 amide bonds. The quantitative estimate of drug-likeness (QED) is 0.713. The highest BCUT2D eigenvalue weighted by atomic mass is 16.5. The third-order valence-corrected chi connectivity index (χ3v) is 2.77. The highest BCUT2D eigenvalue weighted by Gasteiger charge is 2.11. The molecule has 3 heteroatoms. The lowest BCUT2D eigenvalue weighted by Crippen LogP contribution is -1.98. The van der Waals surface area contributed by atoms with Crippen LogP contribution < -0.4 is 9.47 Å². The number of aromatic hydroxyl groups is 1. The van der Waals surface area contributed by atoms with E-state index in [0.29, 0.717) is 24.7 Å². The van der Waals surface area contributed by atoms with Crippen LogP contribution in [0.1, 0.15) is 45.6 Å². The second-order valence-electron chi connectivity index (χ2n) is 4.26. The Morgan fingerprint density at radius 3 is 1.94 bits per heavy atom. The van der Waals surface area contributed by atoms with E-state index in [-0.39, 0.29) is 5.75 Å². The number of hydrogen-bond acceptors (Lipinski definition) is 3. The summed E-state index contributed by atoms with van der Waals surface area (Å²) in [7, 11) is 0. The maximum Gasteiger partial charge on any atom is 0.200 e. The maximum absolute atomic E-state index is 10.00. The van der Waals surface area contributed by atoms with E-state index >= 15 is 0 Å². The largest absolute Gasteiger partial charge is 0.502 e. The Balaban J connectivity index is 2.88. The molecule has 0 saturated heterocycles. The van der Waals surface area contributed by atoms with Crippen LogP contribution in [0.2, 0.25) is 0 Å². The van der Waals surface area contributed by atoms with Gasteiger partial charge in [-0.15, -0.1) is 0 Å². The zero-order valence-electron chi connectivity index (χ0n) is 11.7. The molecule has 0 unspecified atom stereocenters. The van der Waals surface area contributed by atoms with Crippen molar-refractivity contribution < 1.29 is 14.6 Å². The van der Waals surface area contributed by atoms with Gasteiger partial charge in [0.1, 0.15) is 0 Å². The first-order valence-electron chi connectivity index (χ1n) is 6.84. The number of unbranched alkanes of at least 4 members (excludes halogenated alkanes) is 2. The Hall–Kier alpha value is -1.38. The Bertz CT molecular complexity index is 334. The minimum absolute atomic E-state index is 0.109. The minimum atomic E-state index is 0.109. The van der Waals surface area contributed by atoms with Gasteiger partial charge in [0.2, 0.25) is 5.75 Å². The first-order valence-corrected chi connectivity index (χ1v) is 6.84. The van der Waals surface area contributed by atoms with Gasteiger partial charge in [0, 0.05) is 0 Å². The van der Waals surface area contributed by atoms with E-state index in [1.165, 1.54) is 12.8 Å². The first-order chi connectivity index (χ1) is 8.72. The van der Waals surface area contributed by atoms with Gasteiger partial charge >= 0.3 is 0 Å². The number of hydrogen-bond donors (Lipinski definition) is 1. The fraction of sp³-hybridized carbons (Fsp3) is 0.600. The van der Waals surface area contributed by atoms with Crippen LogP contribution in [-0.4, -0.2) is 18.3 Å². The number of benzene rings is 1. The van der Waals surface area contributed by atoms with Crippen LogP contribution in [0.15, 0.2) is 12.1 Å². The molecule has 0 bridgehead atoms. The van der Waals surface area contributed by atoms with E-state index in [1.807, 2.05) is 26.0 Å². The molecule has 0 radical (unpaired) electrons. The molecule has 0 spiro atoms. The monoisotopic (exact) mass is 252 g/mol. The van der Waals surface area contributed by atoms with Crippen molar-refractivity contribution in [3.63, 3.8) is 0 Å². The average molecular weight is 252 g/mol. The summed E-state index contributed by atoms with van der Waals surface area (Å²) in [5, 5.41) is 10.00. The van der Waals surface area contributed by atoms with Crippen LogP contribution in [0.25, 0.3) is 0 Å². The van der Waals surface area contributed by atoms with Crippen LogP contribution in [0.3, 0.4) is 0 Å². The van der Waals surface area contributed by atoms with Crippen molar-refractivity contribution in [3.05, 3.63) is 17.7 Å². The predicted octanol–water partition coefficient (Wildman–Crippen LogP) is 3.92. The second kappa shape index (κ2) is 7.85. The Morgan fingerprint density at radius 1 is 0.944 bits per heavy atom. The third-order valence-electron chi connectivity index (χ3n) is 2.77. The lowest BCUT2D eigenvalue weighted by Gasteiger charge is -2.13. The average Bonchev–Trinajstić information content (AvgIpc) is 2.35. The number of phenolic OH excluding ortho intramolecular Hbond substituents is 1. The standard InChI is InChI=1S/C15H24O3/c1-4-7-8-9-12-10-13(17-5-2)15(16)14(11-12)18-6-3/h10-11,16H,4-9H2,1-3H3. The van der Waals surface area contributed by atoms with Crippen molar-refractivity contribution in [1.29, 1.82) is 0 Å². The van der Waals surface area contributed by atoms with Crippen LogP contribution in [-0.2, 0) is 6.42 Å². The zero-order valence-corrected chi connectivity index (χ0v) is 11.7. The Kier molecular flexibility index (Phi) is 6.40. The SMILES string of the molecule is CCCCCc1cc(OCC)c(O)c(OCC)c1. The van der Waals surface area contributed by atoms with Gasteiger partial charge in [-0.1, -0.05) is 19.8 Å². The van der Waals surface area contributed by atoms with E-state index in [9.17, 15) is 5.11 Å². The van der Waals surface area contributed by atoms with Crippen molar-refractivity contribution in [2.75, 3.05) is 13.2 Å². The summed E-state index contributed by atoms with van der Waals surface area (Å²) in [6.07, 6.45) is 4.57. The summed E-state index contributed by atoms with van der Waals surface area (Å²) in [5.41, 5.74) is 1.16. The van der Waals surface area contributed by atoms with Crippen LogP contribution >= 0.6 is 0 Å². The molecule has 1 N–H and O–H groups in total. The van der Waals surface area contributed by atoms with Gasteiger partial charge in [-0.05, 0) is 44.4 Å². The van der Waals surface area contributed by atoms with Gasteiger partial charge in [0.05, 0.1) is 13.2 Å². The Labute approximate surface area is 110 Å². The molecule has 0 aromatic heterocycles. The van der Waals surface area contributed by atoms with Crippen molar-refractivity contribution in [3.8, 4) is 17.2 Å². The first kappa shape index (κ1) is 14.7. The maximum atomic E-state index is 10.00. The molecule has 0 heterocycles. The lowest BCUT2D eigenvalue weighted by atomic mass is 10.1. The van der Waals surface area contributed by atoms with Crippen molar-refractivity contribution in [2.45, 2.75) is 46.5 Å². The van der Waals surface area contributed by atoms with E-state index in [1.54, 1.807) is 0 Å². The predicted molar refractivity (Wildman–Crippen MR) is 73.7 cm³/mol. The van der Waals surface area contributed by atoms with Gasteiger partial charge in [0.15, 0.2) is 11.5 Å². The van der Waals surface area contributed by atoms with E-state index in [2.05, 4.69) is 6.92 Å². The number of phenols is 1.